The molecule has 1 N–H and O–H groups in total. The van der Waals surface area contributed by atoms with Gasteiger partial charge in [-0.15, -0.1) is 0 Å². The van der Waals surface area contributed by atoms with Crippen molar-refractivity contribution in [3.63, 3.8) is 0 Å². The Balaban J connectivity index is 1.53. The van der Waals surface area contributed by atoms with Gasteiger partial charge in [0.1, 0.15) is 27.8 Å². The van der Waals surface area contributed by atoms with Crippen LogP contribution < -0.4 is 0 Å². The summed E-state index contributed by atoms with van der Waals surface area (Å²) >= 11 is 9.74. The van der Waals surface area contributed by atoms with Crippen molar-refractivity contribution >= 4 is 38.6 Å². The quantitative estimate of drug-likeness (QED) is 0.247. The topological polar surface area (TPSA) is 55.7 Å². The third kappa shape index (κ3) is 4.15. The van der Waals surface area contributed by atoms with Gasteiger partial charge in [-0.25, -0.2) is 14.4 Å². The number of imidazole rings is 2. The van der Waals surface area contributed by atoms with Crippen molar-refractivity contribution in [3.05, 3.63) is 81.7 Å². The second-order valence-corrected chi connectivity index (χ2v) is 9.19. The lowest BCUT2D eigenvalue weighted by atomic mass is 10.1. The van der Waals surface area contributed by atoms with Crippen molar-refractivity contribution in [1.29, 1.82) is 0 Å². The van der Waals surface area contributed by atoms with Gasteiger partial charge in [-0.3, -0.25) is 0 Å². The average Bonchev–Trinajstić information content (AvgIpc) is 3.38. The minimum absolute atomic E-state index is 0.245. The summed E-state index contributed by atoms with van der Waals surface area (Å²) in [5.74, 6) is 0.816. The molecule has 3 aromatic carbocycles. The molecule has 0 radical (unpaired) electrons. The Bertz CT molecular complexity index is 1470. The molecule has 0 unspecified atom stereocenters. The van der Waals surface area contributed by atoms with Crippen LogP contribution in [0.3, 0.4) is 0 Å². The molecule has 5 nitrogen and oxygen atoms in total. The zero-order chi connectivity index (χ0) is 23.8. The number of benzene rings is 3. The first-order valence-electron chi connectivity index (χ1n) is 10.7. The van der Waals surface area contributed by atoms with Crippen LogP contribution in [0.5, 0.6) is 0 Å². The number of ether oxygens (including phenoxy) is 1. The number of hydrogen-bond acceptors (Lipinski definition) is 3. The second-order valence-electron chi connectivity index (χ2n) is 7.99. The van der Waals surface area contributed by atoms with Crippen LogP contribution in [0.25, 0.3) is 45.1 Å². The number of rotatable bonds is 6. The van der Waals surface area contributed by atoms with Gasteiger partial charge >= 0.3 is 0 Å². The van der Waals surface area contributed by atoms with Crippen molar-refractivity contribution in [2.75, 3.05) is 13.7 Å². The van der Waals surface area contributed by atoms with E-state index in [0.29, 0.717) is 34.3 Å². The molecule has 0 saturated heterocycles. The summed E-state index contributed by atoms with van der Waals surface area (Å²) in [4.78, 5) is 12.6. The first-order valence-corrected chi connectivity index (χ1v) is 11.9. The highest BCUT2D eigenvalue weighted by Crippen LogP contribution is 2.35. The van der Waals surface area contributed by atoms with Gasteiger partial charge in [0.2, 0.25) is 0 Å². The molecule has 2 heterocycles. The first kappa shape index (κ1) is 22.8. The Morgan fingerprint density at radius 1 is 1.06 bits per heavy atom. The van der Waals surface area contributed by atoms with Crippen molar-refractivity contribution in [2.45, 2.75) is 13.5 Å². The predicted octanol–water partition coefficient (Wildman–Crippen LogP) is 7.27. The maximum Gasteiger partial charge on any atom is 0.143 e. The lowest BCUT2D eigenvalue weighted by Crippen LogP contribution is -2.06. The second kappa shape index (κ2) is 9.33. The fourth-order valence-corrected chi connectivity index (χ4v) is 4.78. The van der Waals surface area contributed by atoms with E-state index in [1.807, 2.05) is 30.3 Å². The average molecular weight is 540 g/mol. The number of fused-ring (bicyclic) bond motifs is 1. The maximum atomic E-state index is 14.4. The molecule has 5 aromatic rings. The highest BCUT2D eigenvalue weighted by molar-refractivity contribution is 9.10. The molecule has 0 saturated carbocycles. The van der Waals surface area contributed by atoms with Gasteiger partial charge in [0.05, 0.1) is 28.2 Å². The van der Waals surface area contributed by atoms with Crippen molar-refractivity contribution in [3.8, 4) is 34.0 Å². The largest absolute Gasteiger partial charge is 0.383 e. The molecule has 0 amide bonds. The molecule has 5 rings (SSSR count). The van der Waals surface area contributed by atoms with Crippen LogP contribution in [0.2, 0.25) is 5.02 Å². The van der Waals surface area contributed by atoms with E-state index in [4.69, 9.17) is 21.3 Å². The lowest BCUT2D eigenvalue weighted by Gasteiger charge is -2.09. The minimum atomic E-state index is -0.430. The molecule has 2 aromatic heterocycles. The van der Waals surface area contributed by atoms with Crippen LogP contribution in [-0.4, -0.2) is 33.2 Å². The monoisotopic (exact) mass is 538 g/mol. The summed E-state index contributed by atoms with van der Waals surface area (Å²) < 4.78 is 22.5. The third-order valence-corrected chi connectivity index (χ3v) is 6.59. The van der Waals surface area contributed by atoms with Gasteiger partial charge in [-0.05, 0) is 52.7 Å². The number of H-pyrrole nitrogens is 1. The van der Waals surface area contributed by atoms with Gasteiger partial charge in [0.25, 0.3) is 0 Å². The minimum Gasteiger partial charge on any atom is -0.383 e. The van der Waals surface area contributed by atoms with E-state index in [1.54, 1.807) is 19.2 Å². The van der Waals surface area contributed by atoms with Crippen LogP contribution in [0.1, 0.15) is 5.56 Å². The summed E-state index contributed by atoms with van der Waals surface area (Å²) in [6.45, 7) is 3.36. The molecular weight excluding hydrogens is 519 g/mol. The number of nitrogens with zero attached hydrogens (tertiary/aromatic N) is 3. The van der Waals surface area contributed by atoms with Crippen LogP contribution in [0.4, 0.5) is 4.39 Å². The van der Waals surface area contributed by atoms with E-state index < -0.39 is 5.82 Å². The van der Waals surface area contributed by atoms with E-state index in [9.17, 15) is 4.39 Å². The summed E-state index contributed by atoms with van der Waals surface area (Å²) in [6, 6.07) is 18.8. The van der Waals surface area contributed by atoms with Gasteiger partial charge in [-0.1, -0.05) is 48.0 Å². The Morgan fingerprint density at radius 2 is 1.82 bits per heavy atom. The number of methoxy groups -OCH3 is 1. The number of aromatic amines is 1. The number of aryl methyl sites for hydroxylation is 1. The van der Waals surface area contributed by atoms with E-state index >= 15 is 0 Å². The smallest absolute Gasteiger partial charge is 0.143 e. The highest BCUT2D eigenvalue weighted by Gasteiger charge is 2.18. The number of halogens is 3. The maximum absolute atomic E-state index is 14.4. The summed E-state index contributed by atoms with van der Waals surface area (Å²) in [5.41, 5.74) is 5.99. The van der Waals surface area contributed by atoms with Gasteiger partial charge < -0.3 is 14.3 Å². The zero-order valence-corrected chi connectivity index (χ0v) is 20.9. The lowest BCUT2D eigenvalue weighted by molar-refractivity contribution is 0.188. The number of aromatic nitrogens is 4. The van der Waals surface area contributed by atoms with E-state index in [1.165, 1.54) is 11.6 Å². The molecule has 0 fully saturated rings. The third-order valence-electron chi connectivity index (χ3n) is 5.70. The zero-order valence-electron chi connectivity index (χ0n) is 18.6. The van der Waals surface area contributed by atoms with Crippen LogP contribution >= 0.6 is 27.5 Å². The Hall–Kier alpha value is -3.00. The molecule has 34 heavy (non-hydrogen) atoms. The molecule has 0 aliphatic rings. The Morgan fingerprint density at radius 3 is 2.56 bits per heavy atom. The van der Waals surface area contributed by atoms with Crippen LogP contribution in [0, 0.1) is 12.7 Å². The normalized spacial score (nSPS) is 11.4. The molecule has 0 aliphatic carbocycles. The summed E-state index contributed by atoms with van der Waals surface area (Å²) in [7, 11) is 1.70. The number of nitrogens with one attached hydrogen (secondary N) is 1. The van der Waals surface area contributed by atoms with E-state index in [-0.39, 0.29) is 5.56 Å². The Labute approximate surface area is 209 Å². The fraction of sp³-hybridized carbons (Fsp3) is 0.154. The molecule has 0 bridgehead atoms. The van der Waals surface area contributed by atoms with Gasteiger partial charge in [0, 0.05) is 24.8 Å². The SMILES string of the molecule is COCCn1c(-c2ccc(-c3nc(-c4c(F)cccc4Cl)[nH]c3Br)cc2)nc2ccc(C)cc21. The predicted molar refractivity (Wildman–Crippen MR) is 137 cm³/mol. The van der Waals surface area contributed by atoms with Gasteiger partial charge in [-0.2, -0.15) is 0 Å². The molecule has 0 atom stereocenters. The van der Waals surface area contributed by atoms with Crippen molar-refractivity contribution in [2.24, 2.45) is 0 Å². The van der Waals surface area contributed by atoms with Crippen LogP contribution in [-0.2, 0) is 11.3 Å². The van der Waals surface area contributed by atoms with E-state index in [2.05, 4.69) is 49.5 Å². The molecule has 0 aliphatic heterocycles. The van der Waals surface area contributed by atoms with Crippen molar-refractivity contribution < 1.29 is 9.13 Å². The molecule has 0 spiro atoms. The standard InChI is InChI=1S/C26H21BrClFN4O/c1-15-6-11-20-21(14-15)33(12-13-34-2)26(30-20)17-9-7-16(8-10-17)23-24(27)32-25(31-23)22-18(28)4-3-5-19(22)29/h3-11,14H,12-13H2,1-2H3,(H,31,32). The number of hydrogen-bond donors (Lipinski definition) is 1. The van der Waals surface area contributed by atoms with Gasteiger partial charge in [0.15, 0.2) is 0 Å². The fourth-order valence-electron chi connectivity index (χ4n) is 4.02. The summed E-state index contributed by atoms with van der Waals surface area (Å²) in [6.07, 6.45) is 0. The highest BCUT2D eigenvalue weighted by atomic mass is 79.9. The van der Waals surface area contributed by atoms with E-state index in [0.717, 1.165) is 28.0 Å². The Kier molecular flexibility index (Phi) is 6.25. The molecular formula is C26H21BrClFN4O. The molecule has 8 heteroatoms. The molecule has 172 valence electrons. The van der Waals surface area contributed by atoms with Crippen molar-refractivity contribution in [1.82, 2.24) is 19.5 Å². The van der Waals surface area contributed by atoms with Crippen LogP contribution in [0.15, 0.2) is 65.3 Å². The summed E-state index contributed by atoms with van der Waals surface area (Å²) in [5, 5.41) is 0.299. The first-order chi connectivity index (χ1) is 16.5.